The summed E-state index contributed by atoms with van der Waals surface area (Å²) >= 11 is 0. The number of rotatable bonds is 4. The molecule has 1 atom stereocenters. The Morgan fingerprint density at radius 1 is 1.20 bits per heavy atom. The highest BCUT2D eigenvalue weighted by Crippen LogP contribution is 2.32. The van der Waals surface area contributed by atoms with Crippen LogP contribution in [0.15, 0.2) is 24.3 Å². The zero-order valence-corrected chi connectivity index (χ0v) is 11.2. The van der Waals surface area contributed by atoms with Crippen molar-refractivity contribution in [1.29, 1.82) is 0 Å². The van der Waals surface area contributed by atoms with Crippen LogP contribution in [0.4, 0.5) is 17.6 Å². The molecular formula is C12H15ClF4N2O. The van der Waals surface area contributed by atoms with E-state index in [1.54, 1.807) is 12.1 Å². The first-order chi connectivity index (χ1) is 9.00. The van der Waals surface area contributed by atoms with Crippen LogP contribution in [0, 0.1) is 0 Å². The Hall–Kier alpha value is -1.05. The van der Waals surface area contributed by atoms with E-state index in [2.05, 4.69) is 15.4 Å². The molecule has 1 aliphatic rings. The number of benzene rings is 1. The third-order valence-corrected chi connectivity index (χ3v) is 2.84. The molecule has 8 heteroatoms. The molecule has 0 saturated carbocycles. The quantitative estimate of drug-likeness (QED) is 0.838. The van der Waals surface area contributed by atoms with Gasteiger partial charge in [0.25, 0.3) is 0 Å². The minimum absolute atomic E-state index is 0. The van der Waals surface area contributed by atoms with Gasteiger partial charge in [-0.2, -0.15) is 17.6 Å². The summed E-state index contributed by atoms with van der Waals surface area (Å²) in [5.74, 6) is -0.228. The van der Waals surface area contributed by atoms with Gasteiger partial charge in [0, 0.05) is 31.2 Å². The Balaban J connectivity index is 0.00000200. The topological polar surface area (TPSA) is 33.3 Å². The SMILES string of the molecule is Cl.FC(F)C(F)(F)Oc1ccccc1[C@@H]1CNCCN1. The first-order valence-corrected chi connectivity index (χ1v) is 5.88. The highest BCUT2D eigenvalue weighted by atomic mass is 35.5. The van der Waals surface area contributed by atoms with E-state index in [-0.39, 0.29) is 24.2 Å². The third kappa shape index (κ3) is 3.97. The van der Waals surface area contributed by atoms with Gasteiger partial charge < -0.3 is 15.4 Å². The average Bonchev–Trinajstić information content (AvgIpc) is 2.40. The molecule has 0 bridgehead atoms. The van der Waals surface area contributed by atoms with Crippen molar-refractivity contribution >= 4 is 12.4 Å². The van der Waals surface area contributed by atoms with Crippen LogP contribution in [0.25, 0.3) is 0 Å². The largest absolute Gasteiger partial charge is 0.461 e. The van der Waals surface area contributed by atoms with E-state index in [4.69, 9.17) is 0 Å². The predicted molar refractivity (Wildman–Crippen MR) is 68.9 cm³/mol. The Labute approximate surface area is 120 Å². The molecule has 2 N–H and O–H groups in total. The molecule has 2 rings (SSSR count). The van der Waals surface area contributed by atoms with Crippen LogP contribution in [0.2, 0.25) is 0 Å². The molecular weight excluding hydrogens is 300 g/mol. The predicted octanol–water partition coefficient (Wildman–Crippen LogP) is 2.58. The van der Waals surface area contributed by atoms with Crippen LogP contribution >= 0.6 is 12.4 Å². The molecule has 1 heterocycles. The third-order valence-electron chi connectivity index (χ3n) is 2.84. The summed E-state index contributed by atoms with van der Waals surface area (Å²) < 4.78 is 54.5. The molecule has 0 amide bonds. The van der Waals surface area contributed by atoms with Gasteiger partial charge >= 0.3 is 12.5 Å². The van der Waals surface area contributed by atoms with Gasteiger partial charge in [-0.05, 0) is 6.07 Å². The van der Waals surface area contributed by atoms with E-state index in [0.717, 1.165) is 6.54 Å². The minimum atomic E-state index is -4.49. The second-order valence-corrected chi connectivity index (χ2v) is 4.21. The van der Waals surface area contributed by atoms with Crippen LogP contribution in [0.1, 0.15) is 11.6 Å². The Bertz CT molecular complexity index is 428. The Morgan fingerprint density at radius 3 is 2.50 bits per heavy atom. The fourth-order valence-electron chi connectivity index (χ4n) is 1.93. The summed E-state index contributed by atoms with van der Waals surface area (Å²) in [7, 11) is 0. The fourth-order valence-corrected chi connectivity index (χ4v) is 1.93. The highest BCUT2D eigenvalue weighted by Gasteiger charge is 2.44. The number of hydrogen-bond acceptors (Lipinski definition) is 3. The average molecular weight is 315 g/mol. The Kier molecular flexibility index (Phi) is 6.04. The molecule has 114 valence electrons. The minimum Gasteiger partial charge on any atom is -0.428 e. The van der Waals surface area contributed by atoms with Gasteiger partial charge in [0.05, 0.1) is 0 Å². The van der Waals surface area contributed by atoms with Crippen LogP contribution < -0.4 is 15.4 Å². The van der Waals surface area contributed by atoms with Crippen molar-refractivity contribution in [2.75, 3.05) is 19.6 Å². The molecule has 1 aromatic rings. The smallest absolute Gasteiger partial charge is 0.428 e. The van der Waals surface area contributed by atoms with E-state index >= 15 is 0 Å². The van der Waals surface area contributed by atoms with Crippen molar-refractivity contribution in [2.45, 2.75) is 18.6 Å². The number of para-hydroxylation sites is 1. The summed E-state index contributed by atoms with van der Waals surface area (Å²) in [6, 6.07) is 5.73. The summed E-state index contributed by atoms with van der Waals surface area (Å²) in [4.78, 5) is 0. The van der Waals surface area contributed by atoms with Crippen molar-refractivity contribution in [1.82, 2.24) is 10.6 Å². The lowest BCUT2D eigenvalue weighted by atomic mass is 10.0. The number of halogens is 5. The number of hydrogen-bond donors (Lipinski definition) is 2. The van der Waals surface area contributed by atoms with Gasteiger partial charge in [0.15, 0.2) is 0 Å². The van der Waals surface area contributed by atoms with Gasteiger partial charge in [0.2, 0.25) is 0 Å². The monoisotopic (exact) mass is 314 g/mol. The molecule has 1 aromatic carbocycles. The first kappa shape index (κ1) is 17.0. The first-order valence-electron chi connectivity index (χ1n) is 5.88. The molecule has 3 nitrogen and oxygen atoms in total. The second kappa shape index (κ2) is 7.10. The summed E-state index contributed by atoms with van der Waals surface area (Å²) in [6.07, 6.45) is -8.35. The molecule has 1 fully saturated rings. The van der Waals surface area contributed by atoms with Gasteiger partial charge in [-0.1, -0.05) is 18.2 Å². The molecule has 0 radical (unpaired) electrons. The van der Waals surface area contributed by atoms with Crippen molar-refractivity contribution < 1.29 is 22.3 Å². The van der Waals surface area contributed by atoms with Crippen LogP contribution in [0.5, 0.6) is 5.75 Å². The summed E-state index contributed by atoms with van der Waals surface area (Å²) in [5, 5.41) is 6.21. The van der Waals surface area contributed by atoms with Crippen molar-refractivity contribution in [3.63, 3.8) is 0 Å². The van der Waals surface area contributed by atoms with Crippen LogP contribution in [-0.2, 0) is 0 Å². The second-order valence-electron chi connectivity index (χ2n) is 4.21. The maximum atomic E-state index is 13.0. The molecule has 0 unspecified atom stereocenters. The van der Waals surface area contributed by atoms with Gasteiger partial charge in [-0.15, -0.1) is 12.4 Å². The molecule has 1 saturated heterocycles. The number of alkyl halides is 4. The highest BCUT2D eigenvalue weighted by molar-refractivity contribution is 5.85. The van der Waals surface area contributed by atoms with Crippen molar-refractivity contribution in [3.8, 4) is 5.75 Å². The fraction of sp³-hybridized carbons (Fsp3) is 0.500. The Morgan fingerprint density at radius 2 is 1.90 bits per heavy atom. The zero-order chi connectivity index (χ0) is 13.9. The van der Waals surface area contributed by atoms with E-state index in [1.165, 1.54) is 12.1 Å². The molecule has 0 spiro atoms. The van der Waals surface area contributed by atoms with Gasteiger partial charge in [0.1, 0.15) is 5.75 Å². The van der Waals surface area contributed by atoms with Gasteiger partial charge in [-0.3, -0.25) is 0 Å². The summed E-state index contributed by atoms with van der Waals surface area (Å²) in [6.45, 7) is 1.97. The van der Waals surface area contributed by atoms with Crippen LogP contribution in [0.3, 0.4) is 0 Å². The van der Waals surface area contributed by atoms with E-state index < -0.39 is 12.5 Å². The van der Waals surface area contributed by atoms with Gasteiger partial charge in [-0.25, -0.2) is 0 Å². The molecule has 0 aromatic heterocycles. The van der Waals surface area contributed by atoms with E-state index in [1.807, 2.05) is 0 Å². The van der Waals surface area contributed by atoms with Crippen molar-refractivity contribution in [2.24, 2.45) is 0 Å². The number of ether oxygens (including phenoxy) is 1. The maximum absolute atomic E-state index is 13.0. The standard InChI is InChI=1S/C12H14F4N2O.ClH/c13-11(14)12(15,16)19-10-4-2-1-3-8(10)9-7-17-5-6-18-9;/h1-4,9,11,17-18H,5-7H2;1H/t9-;/m0./s1. The molecule has 1 aliphatic heterocycles. The molecule has 20 heavy (non-hydrogen) atoms. The van der Waals surface area contributed by atoms with E-state index in [9.17, 15) is 17.6 Å². The lowest BCUT2D eigenvalue weighted by Crippen LogP contribution is -2.43. The number of nitrogens with one attached hydrogen (secondary N) is 2. The van der Waals surface area contributed by atoms with Crippen LogP contribution in [-0.4, -0.2) is 32.2 Å². The van der Waals surface area contributed by atoms with E-state index in [0.29, 0.717) is 18.7 Å². The zero-order valence-electron chi connectivity index (χ0n) is 10.4. The molecule has 0 aliphatic carbocycles. The van der Waals surface area contributed by atoms with Crippen molar-refractivity contribution in [3.05, 3.63) is 29.8 Å². The summed E-state index contributed by atoms with van der Waals surface area (Å²) in [5.41, 5.74) is 0.440. The number of piperazine rings is 1. The maximum Gasteiger partial charge on any atom is 0.461 e. The lowest BCUT2D eigenvalue weighted by Gasteiger charge is -2.27. The normalized spacial score (nSPS) is 19.6. The lowest BCUT2D eigenvalue weighted by molar-refractivity contribution is -0.253.